The quantitative estimate of drug-likeness (QED) is 0.784. The fourth-order valence-electron chi connectivity index (χ4n) is 3.57. The van der Waals surface area contributed by atoms with Crippen molar-refractivity contribution in [3.05, 3.63) is 11.8 Å². The SMILES string of the molecule is Cc1cc(NC(=O)CN(CCN2CCOCC2)C(=O)C2CCCC2)no1. The van der Waals surface area contributed by atoms with E-state index in [1.165, 1.54) is 0 Å². The van der Waals surface area contributed by atoms with Crippen molar-refractivity contribution in [3.8, 4) is 0 Å². The molecule has 1 aromatic heterocycles. The molecule has 0 unspecified atom stereocenters. The van der Waals surface area contributed by atoms with Crippen molar-refractivity contribution in [2.45, 2.75) is 32.6 Å². The predicted octanol–water partition coefficient (Wildman–Crippen LogP) is 1.27. The first kappa shape index (κ1) is 18.8. The molecule has 0 aromatic carbocycles. The van der Waals surface area contributed by atoms with E-state index in [1.807, 2.05) is 0 Å². The summed E-state index contributed by atoms with van der Waals surface area (Å²) >= 11 is 0. The Bertz CT molecular complexity index is 606. The Morgan fingerprint density at radius 1 is 1.31 bits per heavy atom. The van der Waals surface area contributed by atoms with Crippen LogP contribution in [-0.4, -0.2) is 72.7 Å². The summed E-state index contributed by atoms with van der Waals surface area (Å²) in [6, 6.07) is 1.66. The van der Waals surface area contributed by atoms with E-state index in [2.05, 4.69) is 15.4 Å². The molecule has 2 amide bonds. The first-order valence-corrected chi connectivity index (χ1v) is 9.44. The number of carbonyl (C=O) groups excluding carboxylic acids is 2. The van der Waals surface area contributed by atoms with E-state index in [9.17, 15) is 9.59 Å². The summed E-state index contributed by atoms with van der Waals surface area (Å²) in [6.07, 6.45) is 4.05. The highest BCUT2D eigenvalue weighted by atomic mass is 16.5. The predicted molar refractivity (Wildman–Crippen MR) is 95.7 cm³/mol. The van der Waals surface area contributed by atoms with Gasteiger partial charge in [0.2, 0.25) is 11.8 Å². The third-order valence-corrected chi connectivity index (χ3v) is 5.04. The van der Waals surface area contributed by atoms with E-state index in [0.717, 1.165) is 58.5 Å². The van der Waals surface area contributed by atoms with Crippen LogP contribution in [-0.2, 0) is 14.3 Å². The minimum absolute atomic E-state index is 0.0472. The number of aromatic nitrogens is 1. The van der Waals surface area contributed by atoms with Gasteiger partial charge < -0.3 is 19.5 Å². The smallest absolute Gasteiger partial charge is 0.245 e. The molecule has 8 heteroatoms. The zero-order valence-corrected chi connectivity index (χ0v) is 15.4. The number of aryl methyl sites for hydroxylation is 1. The monoisotopic (exact) mass is 364 g/mol. The second kappa shape index (κ2) is 9.14. The van der Waals surface area contributed by atoms with Crippen LogP contribution in [0, 0.1) is 12.8 Å². The van der Waals surface area contributed by atoms with Crippen LogP contribution in [0.5, 0.6) is 0 Å². The number of amides is 2. The molecule has 0 spiro atoms. The zero-order valence-electron chi connectivity index (χ0n) is 15.4. The normalized spacial score (nSPS) is 18.8. The van der Waals surface area contributed by atoms with E-state index in [-0.39, 0.29) is 24.3 Å². The van der Waals surface area contributed by atoms with E-state index in [4.69, 9.17) is 9.26 Å². The van der Waals surface area contributed by atoms with Crippen molar-refractivity contribution >= 4 is 17.6 Å². The average molecular weight is 364 g/mol. The number of anilines is 1. The number of rotatable bonds is 7. The first-order chi connectivity index (χ1) is 12.6. The number of hydrogen-bond acceptors (Lipinski definition) is 6. The third kappa shape index (κ3) is 5.28. The molecule has 1 aliphatic heterocycles. The molecule has 2 aliphatic rings. The number of hydrogen-bond donors (Lipinski definition) is 1. The number of nitrogens with one attached hydrogen (secondary N) is 1. The van der Waals surface area contributed by atoms with Crippen LogP contribution < -0.4 is 5.32 Å². The molecule has 0 radical (unpaired) electrons. The van der Waals surface area contributed by atoms with Crippen LogP contribution >= 0.6 is 0 Å². The van der Waals surface area contributed by atoms with Crippen LogP contribution in [0.15, 0.2) is 10.6 Å². The molecule has 1 aromatic rings. The van der Waals surface area contributed by atoms with E-state index >= 15 is 0 Å². The van der Waals surface area contributed by atoms with Gasteiger partial charge in [-0.2, -0.15) is 0 Å². The summed E-state index contributed by atoms with van der Waals surface area (Å²) in [6.45, 7) is 6.32. The molecule has 0 bridgehead atoms. The topological polar surface area (TPSA) is 87.9 Å². The Hall–Kier alpha value is -1.93. The van der Waals surface area contributed by atoms with Gasteiger partial charge in [-0.15, -0.1) is 0 Å². The lowest BCUT2D eigenvalue weighted by Gasteiger charge is -2.31. The third-order valence-electron chi connectivity index (χ3n) is 5.04. The molecular formula is C18H28N4O4. The number of morpholine rings is 1. The van der Waals surface area contributed by atoms with E-state index < -0.39 is 0 Å². The van der Waals surface area contributed by atoms with Gasteiger partial charge in [-0.3, -0.25) is 14.5 Å². The van der Waals surface area contributed by atoms with Crippen molar-refractivity contribution in [1.29, 1.82) is 0 Å². The molecule has 3 rings (SSSR count). The molecule has 144 valence electrons. The highest BCUT2D eigenvalue weighted by Crippen LogP contribution is 2.26. The van der Waals surface area contributed by atoms with Gasteiger partial charge in [0.1, 0.15) is 5.76 Å². The Kier molecular flexibility index (Phi) is 6.62. The maximum Gasteiger partial charge on any atom is 0.245 e. The summed E-state index contributed by atoms with van der Waals surface area (Å²) in [7, 11) is 0. The molecule has 1 saturated heterocycles. The van der Waals surface area contributed by atoms with Crippen LogP contribution in [0.25, 0.3) is 0 Å². The fraction of sp³-hybridized carbons (Fsp3) is 0.722. The summed E-state index contributed by atoms with van der Waals surface area (Å²) in [5.74, 6) is 0.927. The first-order valence-electron chi connectivity index (χ1n) is 9.44. The maximum absolute atomic E-state index is 12.9. The molecule has 2 fully saturated rings. The zero-order chi connectivity index (χ0) is 18.4. The number of nitrogens with zero attached hydrogens (tertiary/aromatic N) is 3. The molecule has 26 heavy (non-hydrogen) atoms. The van der Waals surface area contributed by atoms with Gasteiger partial charge in [0.15, 0.2) is 5.82 Å². The maximum atomic E-state index is 12.9. The molecule has 1 saturated carbocycles. The van der Waals surface area contributed by atoms with Crippen molar-refractivity contribution < 1.29 is 18.8 Å². The van der Waals surface area contributed by atoms with Gasteiger partial charge in [0.25, 0.3) is 0 Å². The van der Waals surface area contributed by atoms with Crippen LogP contribution in [0.1, 0.15) is 31.4 Å². The molecule has 1 N–H and O–H groups in total. The van der Waals surface area contributed by atoms with Gasteiger partial charge in [0, 0.05) is 38.2 Å². The Labute approximate surface area is 153 Å². The van der Waals surface area contributed by atoms with Gasteiger partial charge in [-0.05, 0) is 19.8 Å². The molecule has 8 nitrogen and oxygen atoms in total. The lowest BCUT2D eigenvalue weighted by atomic mass is 10.1. The van der Waals surface area contributed by atoms with Gasteiger partial charge in [-0.25, -0.2) is 0 Å². The summed E-state index contributed by atoms with van der Waals surface area (Å²) in [5.41, 5.74) is 0. The van der Waals surface area contributed by atoms with Gasteiger partial charge in [-0.1, -0.05) is 18.0 Å². The average Bonchev–Trinajstić information content (AvgIpc) is 3.31. The van der Waals surface area contributed by atoms with E-state index in [1.54, 1.807) is 17.9 Å². The van der Waals surface area contributed by atoms with Crippen LogP contribution in [0.4, 0.5) is 5.82 Å². The van der Waals surface area contributed by atoms with Crippen molar-refractivity contribution in [2.24, 2.45) is 5.92 Å². The van der Waals surface area contributed by atoms with Crippen molar-refractivity contribution in [3.63, 3.8) is 0 Å². The van der Waals surface area contributed by atoms with Gasteiger partial charge in [0.05, 0.1) is 19.8 Å². The van der Waals surface area contributed by atoms with Crippen LogP contribution in [0.2, 0.25) is 0 Å². The highest BCUT2D eigenvalue weighted by molar-refractivity contribution is 5.94. The Morgan fingerprint density at radius 3 is 2.69 bits per heavy atom. The minimum Gasteiger partial charge on any atom is -0.379 e. The number of carbonyl (C=O) groups is 2. The minimum atomic E-state index is -0.244. The Balaban J connectivity index is 1.57. The highest BCUT2D eigenvalue weighted by Gasteiger charge is 2.29. The standard InChI is InChI=1S/C18H28N4O4/c1-14-12-16(20-26-14)19-17(23)13-22(18(24)15-4-2-3-5-15)7-6-21-8-10-25-11-9-21/h12,15H,2-11,13H2,1H3,(H,19,20,23). The van der Waals surface area contributed by atoms with Crippen LogP contribution in [0.3, 0.4) is 0 Å². The van der Waals surface area contributed by atoms with Crippen molar-refractivity contribution in [1.82, 2.24) is 15.0 Å². The van der Waals surface area contributed by atoms with Crippen molar-refractivity contribution in [2.75, 3.05) is 51.3 Å². The number of ether oxygens (including phenoxy) is 1. The second-order valence-electron chi connectivity index (χ2n) is 7.07. The summed E-state index contributed by atoms with van der Waals surface area (Å²) in [4.78, 5) is 29.2. The summed E-state index contributed by atoms with van der Waals surface area (Å²) < 4.78 is 10.3. The lowest BCUT2D eigenvalue weighted by molar-refractivity contribution is -0.138. The lowest BCUT2D eigenvalue weighted by Crippen LogP contribution is -2.46. The molecule has 1 aliphatic carbocycles. The van der Waals surface area contributed by atoms with Gasteiger partial charge >= 0.3 is 0 Å². The fourth-order valence-corrected chi connectivity index (χ4v) is 3.57. The molecular weight excluding hydrogens is 336 g/mol. The summed E-state index contributed by atoms with van der Waals surface area (Å²) in [5, 5.41) is 6.48. The van der Waals surface area contributed by atoms with E-state index in [0.29, 0.717) is 18.1 Å². The molecule has 2 heterocycles. The molecule has 0 atom stereocenters. The Morgan fingerprint density at radius 2 is 2.04 bits per heavy atom. The second-order valence-corrected chi connectivity index (χ2v) is 7.07. The largest absolute Gasteiger partial charge is 0.379 e.